The van der Waals surface area contributed by atoms with Gasteiger partial charge in [-0.1, -0.05) is 60.7 Å². The van der Waals surface area contributed by atoms with Crippen LogP contribution in [0.1, 0.15) is 18.4 Å². The number of aromatic nitrogens is 1. The number of nitrogens with zero attached hydrogens (tertiary/aromatic N) is 2. The maximum atomic E-state index is 6.13. The first-order valence-electron chi connectivity index (χ1n) is 9.94. The molecule has 0 saturated heterocycles. The van der Waals surface area contributed by atoms with Crippen molar-refractivity contribution in [2.24, 2.45) is 15.7 Å². The van der Waals surface area contributed by atoms with Crippen LogP contribution in [0.2, 0.25) is 0 Å². The fraction of sp³-hybridized carbons (Fsp3) is 0.217. The summed E-state index contributed by atoms with van der Waals surface area (Å²) in [5.74, 6) is 1.13. The summed E-state index contributed by atoms with van der Waals surface area (Å²) in [6.07, 6.45) is 1.96. The van der Waals surface area contributed by atoms with E-state index < -0.39 is 0 Å². The third kappa shape index (κ3) is 4.01. The van der Waals surface area contributed by atoms with E-state index in [1.54, 1.807) is 0 Å². The van der Waals surface area contributed by atoms with Crippen LogP contribution in [0.3, 0.4) is 0 Å². The average Bonchev–Trinajstić information content (AvgIpc) is 3.19. The zero-order valence-corrected chi connectivity index (χ0v) is 16.6. The molecule has 4 rings (SSSR count). The van der Waals surface area contributed by atoms with Gasteiger partial charge in [-0.2, -0.15) is 0 Å². The van der Waals surface area contributed by atoms with Gasteiger partial charge < -0.3 is 21.4 Å². The molecular formula is C23H26N6. The highest BCUT2D eigenvalue weighted by Crippen LogP contribution is 2.37. The van der Waals surface area contributed by atoms with Crippen molar-refractivity contribution in [2.75, 3.05) is 25.5 Å². The van der Waals surface area contributed by atoms with E-state index in [9.17, 15) is 0 Å². The molecule has 29 heavy (non-hydrogen) atoms. The van der Waals surface area contributed by atoms with E-state index in [2.05, 4.69) is 44.9 Å². The summed E-state index contributed by atoms with van der Waals surface area (Å²) in [5, 5.41) is 6.63. The van der Waals surface area contributed by atoms with Gasteiger partial charge in [0, 0.05) is 25.7 Å². The molecule has 3 aromatic rings. The molecule has 0 fully saturated rings. The number of aliphatic imine (C=N–C) groups is 2. The second-order valence-corrected chi connectivity index (χ2v) is 6.94. The monoisotopic (exact) mass is 386 g/mol. The Kier molecular flexibility index (Phi) is 5.61. The molecule has 1 aliphatic heterocycles. The molecule has 0 unspecified atom stereocenters. The van der Waals surface area contributed by atoms with Crippen LogP contribution in [0, 0.1) is 0 Å². The fourth-order valence-electron chi connectivity index (χ4n) is 3.59. The lowest BCUT2D eigenvalue weighted by Gasteiger charge is -2.13. The van der Waals surface area contributed by atoms with Crippen LogP contribution in [0.4, 0.5) is 5.69 Å². The molecule has 1 aliphatic rings. The van der Waals surface area contributed by atoms with E-state index >= 15 is 0 Å². The Morgan fingerprint density at radius 2 is 1.41 bits per heavy atom. The Bertz CT molecular complexity index is 1020. The summed E-state index contributed by atoms with van der Waals surface area (Å²) in [5.41, 5.74) is 12.3. The van der Waals surface area contributed by atoms with Crippen molar-refractivity contribution in [3.05, 3.63) is 66.2 Å². The highest BCUT2D eigenvalue weighted by atomic mass is 15.1. The van der Waals surface area contributed by atoms with Crippen LogP contribution < -0.4 is 16.4 Å². The molecule has 6 heteroatoms. The summed E-state index contributed by atoms with van der Waals surface area (Å²) in [6.45, 7) is 1.45. The Morgan fingerprint density at radius 3 is 2.03 bits per heavy atom. The minimum Gasteiger partial charge on any atom is -0.386 e. The molecule has 148 valence electrons. The van der Waals surface area contributed by atoms with E-state index in [1.165, 1.54) is 0 Å². The number of benzene rings is 2. The van der Waals surface area contributed by atoms with Crippen LogP contribution in [-0.4, -0.2) is 36.9 Å². The molecule has 0 saturated carbocycles. The molecule has 0 bridgehead atoms. The maximum absolute atomic E-state index is 6.13. The van der Waals surface area contributed by atoms with Crippen molar-refractivity contribution in [2.45, 2.75) is 12.8 Å². The zero-order chi connectivity index (χ0) is 20.1. The number of guanidine groups is 1. The van der Waals surface area contributed by atoms with Gasteiger partial charge in [-0.25, -0.2) is 0 Å². The van der Waals surface area contributed by atoms with Gasteiger partial charge in [-0.05, 0) is 18.4 Å². The molecule has 0 radical (unpaired) electrons. The standard InChI is InChI=1S/C23H26N6/c1-25-21-18(22-26-14-8-9-15-27-23(24)29-22)19(16-10-4-2-5-11-16)28-20(21)17-12-6-3-7-13-17/h2-7,10-13,25,28H,8-9,14-15H2,1H3,(H3,24,26,27,29). The quantitative estimate of drug-likeness (QED) is 0.549. The van der Waals surface area contributed by atoms with Gasteiger partial charge in [0.1, 0.15) is 5.84 Å². The predicted molar refractivity (Wildman–Crippen MR) is 121 cm³/mol. The Labute approximate surface area is 171 Å². The van der Waals surface area contributed by atoms with E-state index in [1.807, 2.05) is 43.4 Å². The first kappa shape index (κ1) is 18.8. The molecule has 2 aromatic carbocycles. The lowest BCUT2D eigenvalue weighted by atomic mass is 10.0. The SMILES string of the molecule is CNc1c(-c2ccccc2)[nH]c(-c2ccccc2)c1C1=NCCCCN=C(N)N1. The van der Waals surface area contributed by atoms with Crippen LogP contribution in [0.15, 0.2) is 70.6 Å². The summed E-state index contributed by atoms with van der Waals surface area (Å²) in [6, 6.07) is 20.6. The van der Waals surface area contributed by atoms with E-state index in [0.717, 1.165) is 59.0 Å². The predicted octanol–water partition coefficient (Wildman–Crippen LogP) is 3.84. The third-order valence-electron chi connectivity index (χ3n) is 4.98. The smallest absolute Gasteiger partial charge is 0.194 e. The van der Waals surface area contributed by atoms with Gasteiger partial charge in [0.2, 0.25) is 0 Å². The number of amidine groups is 1. The average molecular weight is 387 g/mol. The first-order chi connectivity index (χ1) is 14.3. The van der Waals surface area contributed by atoms with Crippen molar-refractivity contribution < 1.29 is 0 Å². The third-order valence-corrected chi connectivity index (χ3v) is 4.98. The van der Waals surface area contributed by atoms with Gasteiger partial charge in [-0.15, -0.1) is 0 Å². The molecule has 6 nitrogen and oxygen atoms in total. The first-order valence-corrected chi connectivity index (χ1v) is 9.94. The Hall–Kier alpha value is -3.54. The zero-order valence-electron chi connectivity index (χ0n) is 16.6. The topological polar surface area (TPSA) is 90.6 Å². The van der Waals surface area contributed by atoms with Gasteiger partial charge in [0.25, 0.3) is 0 Å². The molecule has 0 atom stereocenters. The summed E-state index contributed by atoms with van der Waals surface area (Å²) < 4.78 is 0. The minimum atomic E-state index is 0.397. The molecule has 0 aliphatic carbocycles. The van der Waals surface area contributed by atoms with Crippen molar-refractivity contribution in [3.8, 4) is 22.5 Å². The summed E-state index contributed by atoms with van der Waals surface area (Å²) in [4.78, 5) is 12.9. The van der Waals surface area contributed by atoms with Gasteiger partial charge in [0.05, 0.1) is 22.6 Å². The molecule has 5 N–H and O–H groups in total. The van der Waals surface area contributed by atoms with E-state index in [0.29, 0.717) is 12.5 Å². The van der Waals surface area contributed by atoms with Crippen molar-refractivity contribution in [1.82, 2.24) is 10.3 Å². The second kappa shape index (κ2) is 8.65. The number of H-pyrrole nitrogens is 1. The largest absolute Gasteiger partial charge is 0.386 e. The number of anilines is 1. The van der Waals surface area contributed by atoms with Crippen LogP contribution in [-0.2, 0) is 0 Å². The molecule has 0 spiro atoms. The molecule has 2 heterocycles. The number of nitrogens with one attached hydrogen (secondary N) is 3. The number of aromatic amines is 1. The van der Waals surface area contributed by atoms with E-state index in [4.69, 9.17) is 10.7 Å². The lowest BCUT2D eigenvalue weighted by Crippen LogP contribution is -2.37. The lowest BCUT2D eigenvalue weighted by molar-refractivity contribution is 0.759. The summed E-state index contributed by atoms with van der Waals surface area (Å²) >= 11 is 0. The van der Waals surface area contributed by atoms with Gasteiger partial charge >= 0.3 is 0 Å². The molecular weight excluding hydrogens is 360 g/mol. The normalized spacial score (nSPS) is 14.7. The minimum absolute atomic E-state index is 0.397. The van der Waals surface area contributed by atoms with Crippen molar-refractivity contribution in [1.29, 1.82) is 0 Å². The van der Waals surface area contributed by atoms with Gasteiger partial charge in [0.15, 0.2) is 5.96 Å². The van der Waals surface area contributed by atoms with Crippen molar-refractivity contribution >= 4 is 17.5 Å². The Morgan fingerprint density at radius 1 is 0.828 bits per heavy atom. The second-order valence-electron chi connectivity index (χ2n) is 6.94. The number of hydrogen-bond donors (Lipinski definition) is 4. The number of rotatable bonds is 4. The molecule has 1 aromatic heterocycles. The fourth-order valence-corrected chi connectivity index (χ4v) is 3.59. The van der Waals surface area contributed by atoms with Crippen LogP contribution >= 0.6 is 0 Å². The van der Waals surface area contributed by atoms with Gasteiger partial charge in [-0.3, -0.25) is 9.98 Å². The highest BCUT2D eigenvalue weighted by molar-refractivity contribution is 6.16. The van der Waals surface area contributed by atoms with Crippen molar-refractivity contribution in [3.63, 3.8) is 0 Å². The maximum Gasteiger partial charge on any atom is 0.194 e. The van der Waals surface area contributed by atoms with E-state index in [-0.39, 0.29) is 0 Å². The van der Waals surface area contributed by atoms with Crippen LogP contribution in [0.25, 0.3) is 22.5 Å². The molecule has 0 amide bonds. The number of nitrogens with two attached hydrogens (primary N) is 1. The Balaban J connectivity index is 1.94. The highest BCUT2D eigenvalue weighted by Gasteiger charge is 2.23. The van der Waals surface area contributed by atoms with Crippen LogP contribution in [0.5, 0.6) is 0 Å². The summed E-state index contributed by atoms with van der Waals surface area (Å²) in [7, 11) is 1.93. The number of hydrogen-bond acceptors (Lipinski definition) is 5.